The molecule has 33 heavy (non-hydrogen) atoms. The molecule has 7 heteroatoms. The Morgan fingerprint density at radius 3 is 1.79 bits per heavy atom. The van der Waals surface area contributed by atoms with Crippen LogP contribution in [0.15, 0.2) is 28.7 Å². The van der Waals surface area contributed by atoms with Crippen molar-refractivity contribution in [2.45, 2.75) is 120 Å². The number of nitrogens with one attached hydrogen (secondary N) is 2. The molecule has 0 fully saturated rings. The summed E-state index contributed by atoms with van der Waals surface area (Å²) in [6.07, 6.45) is 19.1. The maximum absolute atomic E-state index is 12.4. The molecule has 1 unspecified atom stereocenters. The van der Waals surface area contributed by atoms with Gasteiger partial charge in [-0.05, 0) is 24.6 Å². The Balaban J connectivity index is 2.06. The fourth-order valence-electron chi connectivity index (χ4n) is 3.83. The molecule has 0 bridgehead atoms. The van der Waals surface area contributed by atoms with Crippen molar-refractivity contribution in [1.82, 2.24) is 5.32 Å². The van der Waals surface area contributed by atoms with Gasteiger partial charge in [0.1, 0.15) is 6.17 Å². The number of unbranched alkanes of at least 4 members (excludes halogenated alkanes) is 14. The Morgan fingerprint density at radius 2 is 1.33 bits per heavy atom. The number of anilines is 1. The first-order chi connectivity index (χ1) is 15.8. The van der Waals surface area contributed by atoms with Crippen LogP contribution in [0.5, 0.6) is 0 Å². The number of carbonyl (C=O) groups is 1. The summed E-state index contributed by atoms with van der Waals surface area (Å²) in [5.41, 5.74) is 0.757. The number of hydrogen-bond acceptors (Lipinski definition) is 2. The quantitative estimate of drug-likeness (QED) is 0.0965. The van der Waals surface area contributed by atoms with E-state index in [1.165, 1.54) is 83.5 Å². The molecule has 1 atom stereocenters. The highest BCUT2D eigenvalue weighted by atomic mass is 79.9. The van der Waals surface area contributed by atoms with E-state index in [-0.39, 0.29) is 5.91 Å². The molecule has 1 rings (SSSR count). The Hall–Kier alpha value is -0.160. The van der Waals surface area contributed by atoms with Crippen molar-refractivity contribution in [3.05, 3.63) is 28.7 Å². The number of halogens is 4. The van der Waals surface area contributed by atoms with Crippen LogP contribution in [0.3, 0.4) is 0 Å². The van der Waals surface area contributed by atoms with Crippen LogP contribution in [-0.4, -0.2) is 15.9 Å². The monoisotopic (exact) mass is 582 g/mol. The van der Waals surface area contributed by atoms with Gasteiger partial charge in [-0.3, -0.25) is 4.79 Å². The van der Waals surface area contributed by atoms with Crippen LogP contribution in [-0.2, 0) is 4.79 Å². The average molecular weight is 585 g/mol. The summed E-state index contributed by atoms with van der Waals surface area (Å²) in [5, 5.41) is 5.90. The van der Waals surface area contributed by atoms with Gasteiger partial charge in [0.25, 0.3) is 0 Å². The molecule has 3 nitrogen and oxygen atoms in total. The van der Waals surface area contributed by atoms with E-state index in [1.807, 2.05) is 24.3 Å². The van der Waals surface area contributed by atoms with Crippen LogP contribution in [0.2, 0.25) is 0 Å². The molecule has 0 saturated heterocycles. The summed E-state index contributed by atoms with van der Waals surface area (Å²) in [6, 6.07) is 7.50. The molecule has 0 aliphatic rings. The molecule has 190 valence electrons. The molecule has 2 N–H and O–H groups in total. The van der Waals surface area contributed by atoms with Gasteiger partial charge in [0.15, 0.2) is 0 Å². The van der Waals surface area contributed by atoms with E-state index in [2.05, 4.69) is 33.5 Å². The maximum atomic E-state index is 12.4. The van der Waals surface area contributed by atoms with Gasteiger partial charge in [-0.15, -0.1) is 0 Å². The molecule has 0 aliphatic heterocycles. The summed E-state index contributed by atoms with van der Waals surface area (Å²) >= 11 is 21.6. The van der Waals surface area contributed by atoms with Crippen molar-refractivity contribution < 1.29 is 4.79 Å². The van der Waals surface area contributed by atoms with Crippen LogP contribution in [0.25, 0.3) is 0 Å². The van der Waals surface area contributed by atoms with Crippen LogP contribution < -0.4 is 10.6 Å². The van der Waals surface area contributed by atoms with Crippen LogP contribution in [0.4, 0.5) is 5.69 Å². The van der Waals surface area contributed by atoms with Crippen molar-refractivity contribution in [2.24, 2.45) is 0 Å². The van der Waals surface area contributed by atoms with Gasteiger partial charge in [-0.25, -0.2) is 0 Å². The molecule has 1 aromatic rings. The van der Waals surface area contributed by atoms with E-state index < -0.39 is 9.96 Å². The Bertz CT molecular complexity index is 640. The topological polar surface area (TPSA) is 41.1 Å². The molecular formula is C26H42BrCl3N2O. The standard InChI is InChI=1S/C26H42BrCl3N2O/c1-2-3-4-5-6-7-8-9-10-11-12-13-14-15-16-20-24(33)32-25(26(28,29)30)31-23-19-17-18-22(27)21-23/h17-19,21,25,31H,2-16,20H2,1H3,(H,32,33). The van der Waals surface area contributed by atoms with Gasteiger partial charge in [0.2, 0.25) is 9.70 Å². The number of rotatable bonds is 19. The van der Waals surface area contributed by atoms with E-state index in [9.17, 15) is 4.79 Å². The zero-order valence-corrected chi connectivity index (χ0v) is 24.0. The summed E-state index contributed by atoms with van der Waals surface area (Å²) in [5.74, 6) is -0.108. The molecule has 0 saturated carbocycles. The summed E-state index contributed by atoms with van der Waals surface area (Å²) in [4.78, 5) is 12.4. The zero-order valence-electron chi connectivity index (χ0n) is 20.1. The number of carbonyl (C=O) groups excluding carboxylic acids is 1. The molecular weight excluding hydrogens is 543 g/mol. The molecule has 1 amide bonds. The first-order valence-electron chi connectivity index (χ1n) is 12.7. The lowest BCUT2D eigenvalue weighted by Gasteiger charge is -2.27. The van der Waals surface area contributed by atoms with E-state index in [0.29, 0.717) is 6.42 Å². The third kappa shape index (κ3) is 17.0. The smallest absolute Gasteiger partial charge is 0.228 e. The lowest BCUT2D eigenvalue weighted by atomic mass is 10.0. The third-order valence-electron chi connectivity index (χ3n) is 5.78. The molecule has 0 radical (unpaired) electrons. The Morgan fingerprint density at radius 1 is 0.848 bits per heavy atom. The van der Waals surface area contributed by atoms with Crippen molar-refractivity contribution in [1.29, 1.82) is 0 Å². The summed E-state index contributed by atoms with van der Waals surface area (Å²) in [7, 11) is 0. The number of benzene rings is 1. The highest BCUT2D eigenvalue weighted by Gasteiger charge is 2.33. The van der Waals surface area contributed by atoms with E-state index in [1.54, 1.807) is 0 Å². The van der Waals surface area contributed by atoms with E-state index in [0.717, 1.165) is 23.0 Å². The minimum Gasteiger partial charge on any atom is -0.362 e. The highest BCUT2D eigenvalue weighted by molar-refractivity contribution is 9.10. The maximum Gasteiger partial charge on any atom is 0.228 e. The molecule has 0 aliphatic carbocycles. The minimum absolute atomic E-state index is 0.108. The number of hydrogen-bond donors (Lipinski definition) is 2. The van der Waals surface area contributed by atoms with Crippen molar-refractivity contribution in [3.8, 4) is 0 Å². The van der Waals surface area contributed by atoms with Gasteiger partial charge in [-0.2, -0.15) is 0 Å². The Labute approximate surface area is 225 Å². The van der Waals surface area contributed by atoms with Gasteiger partial charge < -0.3 is 10.6 Å². The highest BCUT2D eigenvalue weighted by Crippen LogP contribution is 2.31. The normalized spacial score (nSPS) is 12.5. The first kappa shape index (κ1) is 30.9. The largest absolute Gasteiger partial charge is 0.362 e. The molecule has 0 aromatic heterocycles. The zero-order chi connectivity index (χ0) is 24.4. The van der Waals surface area contributed by atoms with E-state index >= 15 is 0 Å². The predicted molar refractivity (Wildman–Crippen MR) is 150 cm³/mol. The molecule has 0 spiro atoms. The van der Waals surface area contributed by atoms with Crippen LogP contribution in [0.1, 0.15) is 110 Å². The predicted octanol–water partition coefficient (Wildman–Crippen LogP) is 9.93. The average Bonchev–Trinajstić information content (AvgIpc) is 2.75. The third-order valence-corrected chi connectivity index (χ3v) is 6.92. The first-order valence-corrected chi connectivity index (χ1v) is 14.6. The second-order valence-corrected chi connectivity index (χ2v) is 12.2. The fourth-order valence-corrected chi connectivity index (χ4v) is 4.56. The van der Waals surface area contributed by atoms with Crippen molar-refractivity contribution in [2.75, 3.05) is 5.32 Å². The van der Waals surface area contributed by atoms with Gasteiger partial charge in [-0.1, -0.05) is 154 Å². The summed E-state index contributed by atoms with van der Waals surface area (Å²) < 4.78 is -0.757. The lowest BCUT2D eigenvalue weighted by molar-refractivity contribution is -0.121. The second kappa shape index (κ2) is 19.1. The number of amides is 1. The van der Waals surface area contributed by atoms with Gasteiger partial charge >= 0.3 is 0 Å². The second-order valence-electron chi connectivity index (χ2n) is 8.90. The van der Waals surface area contributed by atoms with Gasteiger partial charge in [0.05, 0.1) is 0 Å². The Kier molecular flexibility index (Phi) is 17.8. The lowest BCUT2D eigenvalue weighted by Crippen LogP contribution is -2.49. The van der Waals surface area contributed by atoms with Crippen molar-refractivity contribution in [3.63, 3.8) is 0 Å². The molecule has 1 aromatic carbocycles. The molecule has 0 heterocycles. The SMILES string of the molecule is CCCCCCCCCCCCCCCCCC(=O)NC(Nc1cccc(Br)c1)C(Cl)(Cl)Cl. The van der Waals surface area contributed by atoms with Crippen LogP contribution in [0, 0.1) is 0 Å². The van der Waals surface area contributed by atoms with Crippen molar-refractivity contribution >= 4 is 62.3 Å². The number of alkyl halides is 3. The van der Waals surface area contributed by atoms with Gasteiger partial charge in [0, 0.05) is 16.6 Å². The van der Waals surface area contributed by atoms with E-state index in [4.69, 9.17) is 34.8 Å². The fraction of sp³-hybridized carbons (Fsp3) is 0.731. The minimum atomic E-state index is -1.66. The van der Waals surface area contributed by atoms with Crippen LogP contribution >= 0.6 is 50.7 Å². The summed E-state index contributed by atoms with van der Waals surface area (Å²) in [6.45, 7) is 2.27.